The number of nitrogen functional groups attached to an aromatic ring is 1. The summed E-state index contributed by atoms with van der Waals surface area (Å²) in [5.41, 5.74) is 6.61. The summed E-state index contributed by atoms with van der Waals surface area (Å²) in [5.74, 6) is -1.39. The van der Waals surface area contributed by atoms with E-state index in [-0.39, 0.29) is 29.4 Å². The molecule has 0 unspecified atom stereocenters. The van der Waals surface area contributed by atoms with Crippen molar-refractivity contribution in [1.82, 2.24) is 15.2 Å². The number of anilines is 2. The van der Waals surface area contributed by atoms with Crippen LogP contribution in [0, 0.1) is 0 Å². The fourth-order valence-corrected chi connectivity index (χ4v) is 3.21. The molecule has 0 radical (unpaired) electrons. The topological polar surface area (TPSA) is 127 Å². The average Bonchev–Trinajstić information content (AvgIpc) is 2.90. The minimum absolute atomic E-state index is 0.00374. The van der Waals surface area contributed by atoms with Crippen molar-refractivity contribution in [2.45, 2.75) is 0 Å². The van der Waals surface area contributed by atoms with E-state index in [4.69, 9.17) is 5.73 Å². The number of hydrogen-bond donors (Lipinski definition) is 3. The smallest absolute Gasteiger partial charge is 0.262 e. The van der Waals surface area contributed by atoms with Crippen LogP contribution >= 0.6 is 0 Å². The molecule has 2 aliphatic rings. The van der Waals surface area contributed by atoms with Crippen molar-refractivity contribution in [2.24, 2.45) is 0 Å². The Labute approximate surface area is 147 Å². The molecule has 3 amide bonds. The normalized spacial score (nSPS) is 16.6. The largest absolute Gasteiger partial charge is 0.384 e. The molecule has 0 atom stereocenters. The van der Waals surface area contributed by atoms with E-state index in [1.54, 1.807) is 29.2 Å². The summed E-state index contributed by atoms with van der Waals surface area (Å²) >= 11 is 0. The van der Waals surface area contributed by atoms with E-state index in [1.165, 1.54) is 4.57 Å². The lowest BCUT2D eigenvalue weighted by Gasteiger charge is -2.27. The summed E-state index contributed by atoms with van der Waals surface area (Å²) < 4.78 is 1.17. The van der Waals surface area contributed by atoms with Crippen molar-refractivity contribution in [1.29, 1.82) is 0 Å². The van der Waals surface area contributed by atoms with E-state index in [0.29, 0.717) is 24.5 Å². The molecule has 2 aromatic rings. The van der Waals surface area contributed by atoms with Crippen LogP contribution in [0.1, 0.15) is 20.7 Å². The van der Waals surface area contributed by atoms with Gasteiger partial charge in [0.05, 0.1) is 23.4 Å². The molecule has 0 saturated carbocycles. The standard InChI is InChI=1S/C17H15N5O4/c18-15-14-11(16(25)20-17(14)26)7-12(23)22(15)10-3-1-9(2-4-10)21-6-5-19-8-13(21)24/h1-4,7,19H,5-6,8,18H2,(H,20,25,26). The van der Waals surface area contributed by atoms with Gasteiger partial charge in [0, 0.05) is 24.8 Å². The molecule has 9 heteroatoms. The molecule has 0 bridgehead atoms. The zero-order valence-electron chi connectivity index (χ0n) is 13.6. The third kappa shape index (κ3) is 2.37. The molecule has 2 aliphatic heterocycles. The lowest BCUT2D eigenvalue weighted by atomic mass is 10.1. The highest BCUT2D eigenvalue weighted by molar-refractivity contribution is 6.23. The minimum Gasteiger partial charge on any atom is -0.384 e. The van der Waals surface area contributed by atoms with Crippen LogP contribution in [0.5, 0.6) is 0 Å². The number of carbonyl (C=O) groups excluding carboxylic acids is 3. The maximum Gasteiger partial charge on any atom is 0.262 e. The summed E-state index contributed by atoms with van der Waals surface area (Å²) in [6, 6.07) is 7.80. The highest BCUT2D eigenvalue weighted by Gasteiger charge is 2.31. The second-order valence-electron chi connectivity index (χ2n) is 6.01. The van der Waals surface area contributed by atoms with Crippen molar-refractivity contribution < 1.29 is 14.4 Å². The first-order valence-electron chi connectivity index (χ1n) is 8.00. The Morgan fingerprint density at radius 3 is 2.35 bits per heavy atom. The van der Waals surface area contributed by atoms with Gasteiger partial charge >= 0.3 is 0 Å². The zero-order chi connectivity index (χ0) is 18.4. The summed E-state index contributed by atoms with van der Waals surface area (Å²) in [6.07, 6.45) is 0. The van der Waals surface area contributed by atoms with E-state index in [0.717, 1.165) is 6.07 Å². The molecule has 1 saturated heterocycles. The van der Waals surface area contributed by atoms with Crippen LogP contribution < -0.4 is 26.8 Å². The number of carbonyl (C=O) groups is 3. The minimum atomic E-state index is -0.631. The van der Waals surface area contributed by atoms with Gasteiger partial charge in [0.25, 0.3) is 17.4 Å². The maximum absolute atomic E-state index is 12.4. The Balaban J connectivity index is 1.76. The van der Waals surface area contributed by atoms with Gasteiger partial charge in [-0.2, -0.15) is 0 Å². The number of amides is 3. The molecule has 4 N–H and O–H groups in total. The number of fused-ring (bicyclic) bond motifs is 1. The predicted molar refractivity (Wildman–Crippen MR) is 93.5 cm³/mol. The Morgan fingerprint density at radius 1 is 0.962 bits per heavy atom. The van der Waals surface area contributed by atoms with Gasteiger partial charge in [-0.05, 0) is 24.3 Å². The number of nitrogens with zero attached hydrogens (tertiary/aromatic N) is 2. The van der Waals surface area contributed by atoms with Crippen molar-refractivity contribution in [3.8, 4) is 5.69 Å². The second-order valence-corrected chi connectivity index (χ2v) is 6.01. The number of aromatic nitrogens is 1. The van der Waals surface area contributed by atoms with Crippen molar-refractivity contribution in [2.75, 3.05) is 30.3 Å². The highest BCUT2D eigenvalue weighted by atomic mass is 16.2. The van der Waals surface area contributed by atoms with Crippen molar-refractivity contribution >= 4 is 29.2 Å². The Morgan fingerprint density at radius 2 is 1.65 bits per heavy atom. The fraction of sp³-hybridized carbons (Fsp3) is 0.176. The van der Waals surface area contributed by atoms with E-state index >= 15 is 0 Å². The van der Waals surface area contributed by atoms with Crippen molar-refractivity contribution in [3.05, 3.63) is 51.8 Å². The highest BCUT2D eigenvalue weighted by Crippen LogP contribution is 2.24. The van der Waals surface area contributed by atoms with Crippen LogP contribution in [-0.2, 0) is 4.79 Å². The first-order valence-corrected chi connectivity index (χ1v) is 8.00. The van der Waals surface area contributed by atoms with Gasteiger partial charge in [0.15, 0.2) is 0 Å². The Kier molecular flexibility index (Phi) is 3.58. The van der Waals surface area contributed by atoms with Gasteiger partial charge in [-0.15, -0.1) is 0 Å². The second kappa shape index (κ2) is 5.81. The number of piperazine rings is 1. The van der Waals surface area contributed by atoms with Gasteiger partial charge in [-0.1, -0.05) is 0 Å². The SMILES string of the molecule is Nc1c2c(cc(=O)n1-c1ccc(N3CCNCC3=O)cc1)C(=O)NC2=O. The number of nitrogens with one attached hydrogen (secondary N) is 2. The lowest BCUT2D eigenvalue weighted by molar-refractivity contribution is -0.118. The van der Waals surface area contributed by atoms with Gasteiger partial charge in [0.1, 0.15) is 5.82 Å². The number of imide groups is 1. The fourth-order valence-electron chi connectivity index (χ4n) is 3.21. The molecule has 0 aliphatic carbocycles. The van der Waals surface area contributed by atoms with Crippen LogP contribution in [-0.4, -0.2) is 41.9 Å². The van der Waals surface area contributed by atoms with Crippen LogP contribution in [0.3, 0.4) is 0 Å². The Hall–Kier alpha value is -3.46. The molecule has 132 valence electrons. The number of benzene rings is 1. The quantitative estimate of drug-likeness (QED) is 0.609. The number of pyridine rings is 1. The van der Waals surface area contributed by atoms with E-state index in [9.17, 15) is 19.2 Å². The van der Waals surface area contributed by atoms with Gasteiger partial charge in [0.2, 0.25) is 5.91 Å². The van der Waals surface area contributed by atoms with Crippen molar-refractivity contribution in [3.63, 3.8) is 0 Å². The van der Waals surface area contributed by atoms with Crippen LogP contribution in [0.4, 0.5) is 11.5 Å². The molecular formula is C17H15N5O4. The van der Waals surface area contributed by atoms with Crippen LogP contribution in [0.15, 0.2) is 35.1 Å². The summed E-state index contributed by atoms with van der Waals surface area (Å²) in [4.78, 5) is 49.6. The third-order valence-corrected chi connectivity index (χ3v) is 4.46. The van der Waals surface area contributed by atoms with E-state index in [2.05, 4.69) is 10.6 Å². The summed E-state index contributed by atoms with van der Waals surface area (Å²) in [6.45, 7) is 1.54. The molecule has 26 heavy (non-hydrogen) atoms. The summed E-state index contributed by atoms with van der Waals surface area (Å²) in [5, 5.41) is 5.13. The van der Waals surface area contributed by atoms with Gasteiger partial charge < -0.3 is 16.0 Å². The molecule has 0 spiro atoms. The van der Waals surface area contributed by atoms with Gasteiger partial charge in [-0.25, -0.2) is 0 Å². The molecule has 1 fully saturated rings. The molecule has 1 aromatic heterocycles. The molecular weight excluding hydrogens is 338 g/mol. The average molecular weight is 353 g/mol. The van der Waals surface area contributed by atoms with E-state index < -0.39 is 17.4 Å². The number of rotatable bonds is 2. The molecule has 4 rings (SSSR count). The lowest BCUT2D eigenvalue weighted by Crippen LogP contribution is -2.48. The summed E-state index contributed by atoms with van der Waals surface area (Å²) in [7, 11) is 0. The monoisotopic (exact) mass is 353 g/mol. The predicted octanol–water partition coefficient (Wildman–Crippen LogP) is -0.760. The molecule has 9 nitrogen and oxygen atoms in total. The first-order chi connectivity index (χ1) is 12.5. The molecule has 1 aromatic carbocycles. The zero-order valence-corrected chi connectivity index (χ0v) is 13.6. The first kappa shape index (κ1) is 16.0. The van der Waals surface area contributed by atoms with Crippen LogP contribution in [0.2, 0.25) is 0 Å². The van der Waals surface area contributed by atoms with E-state index in [1.807, 2.05) is 0 Å². The molecule has 3 heterocycles. The third-order valence-electron chi connectivity index (χ3n) is 4.46. The van der Waals surface area contributed by atoms with Gasteiger partial charge in [-0.3, -0.25) is 29.1 Å². The van der Waals surface area contributed by atoms with Crippen LogP contribution in [0.25, 0.3) is 5.69 Å². The maximum atomic E-state index is 12.4. The Bertz CT molecular complexity index is 1010. The number of nitrogens with two attached hydrogens (primary N) is 1. The number of hydrogen-bond acceptors (Lipinski definition) is 6.